The van der Waals surface area contributed by atoms with E-state index in [1.165, 1.54) is 0 Å². The number of nitrogens with zero attached hydrogens (tertiary/aromatic N) is 5. The first-order valence-electron chi connectivity index (χ1n) is 11.5. The maximum atomic E-state index is 12.6. The highest BCUT2D eigenvalue weighted by Gasteiger charge is 2.32. The number of fused-ring (bicyclic) bond motifs is 2. The number of hydrogen-bond acceptors (Lipinski definition) is 7. The Morgan fingerprint density at radius 2 is 2.09 bits per heavy atom. The summed E-state index contributed by atoms with van der Waals surface area (Å²) in [6, 6.07) is 10.3. The summed E-state index contributed by atoms with van der Waals surface area (Å²) in [7, 11) is 0. The highest BCUT2D eigenvalue weighted by molar-refractivity contribution is 9.10. The number of benzene rings is 1. The van der Waals surface area contributed by atoms with Gasteiger partial charge >= 0.3 is 0 Å². The highest BCUT2D eigenvalue weighted by atomic mass is 79.9. The van der Waals surface area contributed by atoms with E-state index in [1.807, 2.05) is 35.0 Å². The van der Waals surface area contributed by atoms with Gasteiger partial charge in [0.15, 0.2) is 5.65 Å². The molecular formula is C24H24BrN7O2. The van der Waals surface area contributed by atoms with E-state index in [0.717, 1.165) is 54.3 Å². The number of anilines is 1. The quantitative estimate of drug-likeness (QED) is 0.413. The molecule has 1 aromatic carbocycles. The number of pyridine rings is 1. The number of amides is 1. The molecule has 4 heterocycles. The molecule has 1 aliphatic carbocycles. The normalized spacial score (nSPS) is 22.4. The van der Waals surface area contributed by atoms with Crippen LogP contribution in [0.15, 0.2) is 47.3 Å². The van der Waals surface area contributed by atoms with E-state index in [-0.39, 0.29) is 23.9 Å². The van der Waals surface area contributed by atoms with Gasteiger partial charge in [-0.1, -0.05) is 6.07 Å². The number of halogens is 1. The van der Waals surface area contributed by atoms with Gasteiger partial charge in [-0.15, -0.1) is 0 Å². The molecule has 2 aliphatic rings. The number of carbonyl (C=O) groups excluding carboxylic acids is 1. The molecule has 2 fully saturated rings. The van der Waals surface area contributed by atoms with Crippen molar-refractivity contribution in [3.8, 4) is 5.69 Å². The van der Waals surface area contributed by atoms with Crippen LogP contribution in [0.1, 0.15) is 25.7 Å². The summed E-state index contributed by atoms with van der Waals surface area (Å²) in [5.74, 6) is 0.676. The van der Waals surface area contributed by atoms with Crippen molar-refractivity contribution in [2.24, 2.45) is 5.92 Å². The van der Waals surface area contributed by atoms with Crippen LogP contribution in [-0.4, -0.2) is 55.9 Å². The van der Waals surface area contributed by atoms with E-state index in [1.54, 1.807) is 12.4 Å². The first kappa shape index (κ1) is 21.4. The molecule has 2 N–H and O–H groups in total. The van der Waals surface area contributed by atoms with Gasteiger partial charge in [0, 0.05) is 36.3 Å². The summed E-state index contributed by atoms with van der Waals surface area (Å²) in [6.45, 7) is 1.34. The first-order valence-corrected chi connectivity index (χ1v) is 12.3. The third-order valence-corrected chi connectivity index (χ3v) is 7.21. The van der Waals surface area contributed by atoms with Gasteiger partial charge in [0.05, 0.1) is 29.2 Å². The first-order chi connectivity index (χ1) is 16.6. The molecular weight excluding hydrogens is 498 g/mol. The maximum Gasteiger partial charge on any atom is 0.224 e. The molecule has 0 bridgehead atoms. The van der Waals surface area contributed by atoms with Crippen LogP contribution < -0.4 is 10.6 Å². The Morgan fingerprint density at radius 3 is 2.97 bits per heavy atom. The lowest BCUT2D eigenvalue weighted by Crippen LogP contribution is -2.38. The van der Waals surface area contributed by atoms with Crippen molar-refractivity contribution in [2.45, 2.75) is 37.8 Å². The highest BCUT2D eigenvalue weighted by Crippen LogP contribution is 2.30. The van der Waals surface area contributed by atoms with E-state index in [9.17, 15) is 4.79 Å². The average molecular weight is 522 g/mol. The largest absolute Gasteiger partial charge is 0.379 e. The number of rotatable bonds is 5. The zero-order valence-corrected chi connectivity index (χ0v) is 20.0. The molecule has 0 spiro atoms. The molecule has 1 amide bonds. The Morgan fingerprint density at radius 1 is 1.15 bits per heavy atom. The van der Waals surface area contributed by atoms with Crippen LogP contribution in [0, 0.1) is 5.92 Å². The van der Waals surface area contributed by atoms with Crippen LogP contribution >= 0.6 is 15.9 Å². The Bertz CT molecular complexity index is 1370. The summed E-state index contributed by atoms with van der Waals surface area (Å²) in [5.41, 5.74) is 2.54. The van der Waals surface area contributed by atoms with Gasteiger partial charge < -0.3 is 15.4 Å². The number of carbonyl (C=O) groups is 1. The van der Waals surface area contributed by atoms with Crippen LogP contribution in [-0.2, 0) is 9.53 Å². The monoisotopic (exact) mass is 521 g/mol. The Kier molecular flexibility index (Phi) is 5.62. The van der Waals surface area contributed by atoms with Crippen molar-refractivity contribution >= 4 is 49.7 Å². The van der Waals surface area contributed by atoms with Gasteiger partial charge in [0.2, 0.25) is 11.9 Å². The summed E-state index contributed by atoms with van der Waals surface area (Å²) in [5, 5.41) is 13.1. The Balaban J connectivity index is 1.21. The predicted octanol–water partition coefficient (Wildman–Crippen LogP) is 3.61. The summed E-state index contributed by atoms with van der Waals surface area (Å²) in [4.78, 5) is 26.3. The van der Waals surface area contributed by atoms with Crippen LogP contribution in [0.3, 0.4) is 0 Å². The minimum atomic E-state index is 0.00714. The number of hydrogen-bond donors (Lipinski definition) is 2. The molecule has 174 valence electrons. The van der Waals surface area contributed by atoms with Gasteiger partial charge in [-0.3, -0.25) is 9.78 Å². The predicted molar refractivity (Wildman–Crippen MR) is 132 cm³/mol. The summed E-state index contributed by atoms with van der Waals surface area (Å²) >= 11 is 3.54. The zero-order valence-electron chi connectivity index (χ0n) is 18.4. The lowest BCUT2D eigenvalue weighted by Gasteiger charge is -2.16. The molecule has 1 aliphatic heterocycles. The van der Waals surface area contributed by atoms with E-state index in [2.05, 4.69) is 41.6 Å². The van der Waals surface area contributed by atoms with Gasteiger partial charge in [0.25, 0.3) is 0 Å². The Hall–Kier alpha value is -3.11. The van der Waals surface area contributed by atoms with E-state index in [0.29, 0.717) is 22.8 Å². The topological polar surface area (TPSA) is 107 Å². The smallest absolute Gasteiger partial charge is 0.224 e. The standard InChI is InChI=1S/C24H24BrN7O2/c25-21-19-12-27-24(29-16-4-3-15(10-16)23(33)28-17-7-9-34-13-17)30-22(19)32(31-21)18-5-6-20-14(11-18)2-1-8-26-20/h1-2,5-6,8,11-12,15-17H,3-4,7,9-10,13H2,(H,28,33)(H,27,29,30)/t15-,16-,17+/m1/s1. The zero-order chi connectivity index (χ0) is 23.1. The van der Waals surface area contributed by atoms with E-state index < -0.39 is 0 Å². The van der Waals surface area contributed by atoms with Crippen LogP contribution in [0.4, 0.5) is 5.95 Å². The third-order valence-electron chi connectivity index (χ3n) is 6.62. The number of aromatic nitrogens is 5. The molecule has 10 heteroatoms. The molecule has 6 rings (SSSR count). The third kappa shape index (κ3) is 4.12. The second-order valence-corrected chi connectivity index (χ2v) is 9.69. The van der Waals surface area contributed by atoms with E-state index in [4.69, 9.17) is 9.72 Å². The molecule has 1 saturated heterocycles. The fourth-order valence-electron chi connectivity index (χ4n) is 4.81. The molecule has 1 saturated carbocycles. The molecule has 9 nitrogen and oxygen atoms in total. The van der Waals surface area contributed by atoms with Gasteiger partial charge in [-0.05, 0) is 65.9 Å². The molecule has 0 unspecified atom stereocenters. The molecule has 0 radical (unpaired) electrons. The average Bonchev–Trinajstić information content (AvgIpc) is 3.60. The van der Waals surface area contributed by atoms with Gasteiger partial charge in [-0.2, -0.15) is 10.1 Å². The molecule has 4 aromatic rings. The van der Waals surface area contributed by atoms with Crippen molar-refractivity contribution in [3.63, 3.8) is 0 Å². The summed E-state index contributed by atoms with van der Waals surface area (Å²) in [6.07, 6.45) is 6.98. The van der Waals surface area contributed by atoms with E-state index >= 15 is 0 Å². The fourth-order valence-corrected chi connectivity index (χ4v) is 5.25. The van der Waals surface area contributed by atoms with Gasteiger partial charge in [0.1, 0.15) is 4.60 Å². The van der Waals surface area contributed by atoms with Crippen LogP contribution in [0.2, 0.25) is 0 Å². The minimum Gasteiger partial charge on any atom is -0.379 e. The van der Waals surface area contributed by atoms with Crippen molar-refractivity contribution in [1.29, 1.82) is 0 Å². The van der Waals surface area contributed by atoms with Crippen molar-refractivity contribution < 1.29 is 9.53 Å². The van der Waals surface area contributed by atoms with Crippen molar-refractivity contribution in [1.82, 2.24) is 30.0 Å². The lowest BCUT2D eigenvalue weighted by molar-refractivity contribution is -0.125. The second-order valence-electron chi connectivity index (χ2n) is 8.93. The van der Waals surface area contributed by atoms with Gasteiger partial charge in [-0.25, -0.2) is 9.67 Å². The van der Waals surface area contributed by atoms with Crippen LogP contribution in [0.25, 0.3) is 27.6 Å². The lowest BCUT2D eigenvalue weighted by atomic mass is 10.1. The number of ether oxygens (including phenoxy) is 1. The fraction of sp³-hybridized carbons (Fsp3) is 0.375. The van der Waals surface area contributed by atoms with Crippen molar-refractivity contribution in [2.75, 3.05) is 18.5 Å². The number of nitrogens with one attached hydrogen (secondary N) is 2. The maximum absolute atomic E-state index is 12.6. The molecule has 34 heavy (non-hydrogen) atoms. The van der Waals surface area contributed by atoms with Crippen LogP contribution in [0.5, 0.6) is 0 Å². The second kappa shape index (κ2) is 8.92. The molecule has 3 atom stereocenters. The molecule has 3 aromatic heterocycles. The summed E-state index contributed by atoms with van der Waals surface area (Å²) < 4.78 is 7.86. The SMILES string of the molecule is O=C(N[C@H]1CCOC1)[C@@H]1CC[C@@H](Nc2ncc3c(Br)nn(-c4ccc5ncccc5c4)c3n2)C1. The Labute approximate surface area is 204 Å². The van der Waals surface area contributed by atoms with Crippen molar-refractivity contribution in [3.05, 3.63) is 47.3 Å². The minimum absolute atomic E-state index is 0.00714.